The Morgan fingerprint density at radius 2 is 0.682 bits per heavy atom. The van der Waals surface area contributed by atoms with Crippen LogP contribution in [0.5, 0.6) is 0 Å². The molecular formula is C62H56N2O2. The number of benzene rings is 9. The van der Waals surface area contributed by atoms with Gasteiger partial charge in [0.2, 0.25) is 0 Å². The number of rotatable bonds is 10. The maximum Gasteiger partial charge on any atom is 0.136 e. The van der Waals surface area contributed by atoms with Crippen molar-refractivity contribution >= 4 is 99.5 Å². The molecule has 0 bridgehead atoms. The first-order chi connectivity index (χ1) is 32.0. The molecule has 0 saturated heterocycles. The highest BCUT2D eigenvalue weighted by molar-refractivity contribution is 6.18. The summed E-state index contributed by atoms with van der Waals surface area (Å²) in [5.74, 6) is 1.63. The van der Waals surface area contributed by atoms with Gasteiger partial charge in [0.25, 0.3) is 0 Å². The van der Waals surface area contributed by atoms with Gasteiger partial charge < -0.3 is 18.6 Å². The Kier molecular flexibility index (Phi) is 10.2. The average Bonchev–Trinajstić information content (AvgIpc) is 3.85. The molecule has 2 aromatic heterocycles. The van der Waals surface area contributed by atoms with E-state index < -0.39 is 0 Å². The molecule has 0 atom stereocenters. The van der Waals surface area contributed by atoms with Crippen molar-refractivity contribution in [3.05, 3.63) is 192 Å². The lowest BCUT2D eigenvalue weighted by Crippen LogP contribution is -2.13. The van der Waals surface area contributed by atoms with Crippen molar-refractivity contribution in [1.82, 2.24) is 0 Å². The van der Waals surface area contributed by atoms with Crippen LogP contribution in [0.15, 0.2) is 179 Å². The monoisotopic (exact) mass is 860 g/mol. The number of nitrogens with zero attached hydrogens (tertiary/aromatic N) is 2. The van der Waals surface area contributed by atoms with Crippen LogP contribution < -0.4 is 9.80 Å². The van der Waals surface area contributed by atoms with Crippen LogP contribution in [0.25, 0.3) is 65.4 Å². The molecule has 0 amide bonds. The summed E-state index contributed by atoms with van der Waals surface area (Å²) in [4.78, 5) is 4.80. The highest BCUT2D eigenvalue weighted by Crippen LogP contribution is 2.45. The molecule has 0 spiro atoms. The van der Waals surface area contributed by atoms with Crippen LogP contribution in [0.1, 0.15) is 101 Å². The Bertz CT molecular complexity index is 3370. The predicted octanol–water partition coefficient (Wildman–Crippen LogP) is 19.2. The van der Waals surface area contributed by atoms with Gasteiger partial charge in [-0.15, -0.1) is 0 Å². The zero-order valence-electron chi connectivity index (χ0n) is 39.2. The molecule has 11 aromatic rings. The molecule has 0 aliphatic heterocycles. The van der Waals surface area contributed by atoms with Gasteiger partial charge in [-0.2, -0.15) is 0 Å². The fraction of sp³-hybridized carbons (Fsp3) is 0.194. The van der Waals surface area contributed by atoms with E-state index in [1.54, 1.807) is 0 Å². The largest absolute Gasteiger partial charge is 0.456 e. The van der Waals surface area contributed by atoms with E-state index in [2.05, 4.69) is 235 Å². The van der Waals surface area contributed by atoms with Crippen LogP contribution in [0, 0.1) is 0 Å². The first kappa shape index (κ1) is 41.4. The lowest BCUT2D eigenvalue weighted by atomic mass is 9.93. The second kappa shape index (κ2) is 16.3. The van der Waals surface area contributed by atoms with Gasteiger partial charge >= 0.3 is 0 Å². The standard InChI is InChI=1S/C62H56N2O2/c1-37(2)41-21-25-57(51(29-41)39(5)6)63(47-15-11-9-12-16-47)49-23-19-43-31-53-55-35-62-56(36-61(55)65-59(53)33-45(43)27-49)54-32-44-20-24-50(28-46(44)34-60(54)66-62)64(48-17-13-10-14-18-48)58-26-22-42(38(3)4)30-52(58)40(7)8/h9-40H,1-8H3. The molecule has 9 aromatic carbocycles. The second-order valence-corrected chi connectivity index (χ2v) is 19.4. The van der Waals surface area contributed by atoms with Gasteiger partial charge in [-0.1, -0.05) is 128 Å². The molecular weight excluding hydrogens is 805 g/mol. The molecule has 0 aliphatic carbocycles. The molecule has 2 heterocycles. The van der Waals surface area contributed by atoms with E-state index in [-0.39, 0.29) is 0 Å². The van der Waals surface area contributed by atoms with Crippen molar-refractivity contribution in [3.63, 3.8) is 0 Å². The van der Waals surface area contributed by atoms with E-state index in [4.69, 9.17) is 8.83 Å². The molecule has 0 aliphatic rings. The Morgan fingerprint density at radius 3 is 1.06 bits per heavy atom. The average molecular weight is 861 g/mol. The van der Waals surface area contributed by atoms with E-state index in [0.29, 0.717) is 23.7 Å². The summed E-state index contributed by atoms with van der Waals surface area (Å²) in [5.41, 5.74) is 15.7. The minimum Gasteiger partial charge on any atom is -0.456 e. The van der Waals surface area contributed by atoms with Crippen LogP contribution in [0.4, 0.5) is 34.1 Å². The Labute approximate surface area is 387 Å². The van der Waals surface area contributed by atoms with Gasteiger partial charge in [0.05, 0.1) is 0 Å². The van der Waals surface area contributed by atoms with Crippen molar-refractivity contribution in [1.29, 1.82) is 0 Å². The number of furan rings is 2. The summed E-state index contributed by atoms with van der Waals surface area (Å²) >= 11 is 0. The second-order valence-electron chi connectivity index (χ2n) is 19.4. The summed E-state index contributed by atoms with van der Waals surface area (Å²) in [6.07, 6.45) is 0. The maximum atomic E-state index is 6.74. The normalized spacial score (nSPS) is 12.2. The van der Waals surface area contributed by atoms with Crippen molar-refractivity contribution in [2.75, 3.05) is 9.80 Å². The number of hydrogen-bond donors (Lipinski definition) is 0. The molecule has 11 rings (SSSR count). The van der Waals surface area contributed by atoms with Crippen LogP contribution in [0.3, 0.4) is 0 Å². The number of fused-ring (bicyclic) bond motifs is 8. The van der Waals surface area contributed by atoms with E-state index in [9.17, 15) is 0 Å². The quantitative estimate of drug-likeness (QED) is 0.137. The summed E-state index contributed by atoms with van der Waals surface area (Å²) in [7, 11) is 0. The molecule has 0 N–H and O–H groups in total. The SMILES string of the molecule is CC(C)c1ccc(N(c2ccccc2)c2ccc3cc4c(cc3c2)oc2cc3c(cc24)oc2cc4cc(N(c5ccccc5)c5ccc(C(C)C)cc5C(C)C)ccc4cc23)c(C(C)C)c1. The van der Waals surface area contributed by atoms with Crippen LogP contribution >= 0.6 is 0 Å². The van der Waals surface area contributed by atoms with Crippen LogP contribution in [-0.2, 0) is 0 Å². The Balaban J connectivity index is 0.997. The van der Waals surface area contributed by atoms with E-state index in [1.807, 2.05) is 0 Å². The molecule has 4 heteroatoms. The third-order valence-electron chi connectivity index (χ3n) is 13.7. The molecule has 0 saturated carbocycles. The van der Waals surface area contributed by atoms with Crippen LogP contribution in [0.2, 0.25) is 0 Å². The fourth-order valence-electron chi connectivity index (χ4n) is 9.99. The maximum absolute atomic E-state index is 6.74. The van der Waals surface area contributed by atoms with Gasteiger partial charge in [-0.25, -0.2) is 0 Å². The van der Waals surface area contributed by atoms with Crippen LogP contribution in [-0.4, -0.2) is 0 Å². The van der Waals surface area contributed by atoms with Crippen molar-refractivity contribution < 1.29 is 8.83 Å². The zero-order chi connectivity index (χ0) is 45.4. The van der Waals surface area contributed by atoms with Gasteiger partial charge in [0, 0.05) is 55.7 Å². The number of anilines is 6. The highest BCUT2D eigenvalue weighted by atomic mass is 16.3. The van der Waals surface area contributed by atoms with Gasteiger partial charge in [0.15, 0.2) is 0 Å². The molecule has 66 heavy (non-hydrogen) atoms. The van der Waals surface area contributed by atoms with Crippen molar-refractivity contribution in [2.24, 2.45) is 0 Å². The highest BCUT2D eigenvalue weighted by Gasteiger charge is 2.22. The number of hydrogen-bond acceptors (Lipinski definition) is 4. The van der Waals surface area contributed by atoms with Crippen molar-refractivity contribution in [3.8, 4) is 0 Å². The molecule has 326 valence electrons. The lowest BCUT2D eigenvalue weighted by molar-refractivity contribution is 0.664. The molecule has 0 unspecified atom stereocenters. The molecule has 4 nitrogen and oxygen atoms in total. The van der Waals surface area contributed by atoms with E-state index >= 15 is 0 Å². The Morgan fingerprint density at radius 1 is 0.303 bits per heavy atom. The van der Waals surface area contributed by atoms with Gasteiger partial charge in [-0.05, 0) is 165 Å². The molecule has 0 fully saturated rings. The fourth-order valence-corrected chi connectivity index (χ4v) is 9.99. The molecule has 0 radical (unpaired) electrons. The Hall–Kier alpha value is -7.30. The number of para-hydroxylation sites is 2. The third kappa shape index (κ3) is 7.16. The first-order valence-corrected chi connectivity index (χ1v) is 23.7. The van der Waals surface area contributed by atoms with Gasteiger partial charge in [-0.3, -0.25) is 0 Å². The predicted molar refractivity (Wildman–Crippen MR) is 282 cm³/mol. The van der Waals surface area contributed by atoms with Gasteiger partial charge in [0.1, 0.15) is 22.3 Å². The summed E-state index contributed by atoms with van der Waals surface area (Å²) in [6, 6.07) is 62.3. The van der Waals surface area contributed by atoms with Crippen molar-refractivity contribution in [2.45, 2.75) is 79.1 Å². The first-order valence-electron chi connectivity index (χ1n) is 23.7. The smallest absolute Gasteiger partial charge is 0.136 e. The lowest BCUT2D eigenvalue weighted by Gasteiger charge is -2.29. The summed E-state index contributed by atoms with van der Waals surface area (Å²) in [6.45, 7) is 18.2. The van der Waals surface area contributed by atoms with E-state index in [1.165, 1.54) is 33.6 Å². The van der Waals surface area contributed by atoms with E-state index in [0.717, 1.165) is 88.2 Å². The summed E-state index contributed by atoms with van der Waals surface area (Å²) < 4.78 is 13.5. The summed E-state index contributed by atoms with van der Waals surface area (Å²) in [5, 5.41) is 8.84. The minimum atomic E-state index is 0.359. The topological polar surface area (TPSA) is 32.8 Å². The zero-order valence-corrected chi connectivity index (χ0v) is 39.2. The minimum absolute atomic E-state index is 0.359. The third-order valence-corrected chi connectivity index (χ3v) is 13.7.